The number of nitrogens with zero attached hydrogens (tertiary/aromatic N) is 1. The van der Waals surface area contributed by atoms with Gasteiger partial charge in [0.15, 0.2) is 11.5 Å². The van der Waals surface area contributed by atoms with E-state index in [0.29, 0.717) is 6.04 Å². The van der Waals surface area contributed by atoms with Gasteiger partial charge in [-0.05, 0) is 24.1 Å². The standard InChI is InChI=1S/C15H24N2O2/c1-4-13-10-16-7-8-17(13)11-12-5-6-14(18-2)15(9-12)19-3/h5-6,9,13,16H,4,7-8,10-11H2,1-3H3. The Morgan fingerprint density at radius 2 is 2.05 bits per heavy atom. The molecule has 4 heteroatoms. The Labute approximate surface area is 115 Å². The highest BCUT2D eigenvalue weighted by atomic mass is 16.5. The third-order valence-electron chi connectivity index (χ3n) is 3.78. The zero-order valence-corrected chi connectivity index (χ0v) is 12.1. The van der Waals surface area contributed by atoms with Crippen LogP contribution in [0.25, 0.3) is 0 Å². The number of methoxy groups -OCH3 is 2. The Hall–Kier alpha value is -1.26. The summed E-state index contributed by atoms with van der Waals surface area (Å²) in [5.74, 6) is 1.60. The number of hydrogen-bond acceptors (Lipinski definition) is 4. The van der Waals surface area contributed by atoms with Gasteiger partial charge in [-0.25, -0.2) is 0 Å². The molecule has 1 aromatic carbocycles. The summed E-state index contributed by atoms with van der Waals surface area (Å²) in [6.45, 7) is 6.49. The Bertz CT molecular complexity index is 409. The van der Waals surface area contributed by atoms with E-state index in [-0.39, 0.29) is 0 Å². The zero-order chi connectivity index (χ0) is 13.7. The van der Waals surface area contributed by atoms with Crippen molar-refractivity contribution in [3.63, 3.8) is 0 Å². The van der Waals surface area contributed by atoms with Crippen molar-refractivity contribution in [2.75, 3.05) is 33.9 Å². The first-order valence-corrected chi connectivity index (χ1v) is 6.94. The number of piperazine rings is 1. The lowest BCUT2D eigenvalue weighted by molar-refractivity contribution is 0.149. The minimum Gasteiger partial charge on any atom is -0.493 e. The maximum Gasteiger partial charge on any atom is 0.161 e. The average molecular weight is 264 g/mol. The molecule has 0 aromatic heterocycles. The Balaban J connectivity index is 2.09. The summed E-state index contributed by atoms with van der Waals surface area (Å²) in [4.78, 5) is 2.54. The van der Waals surface area contributed by atoms with Crippen molar-refractivity contribution in [3.8, 4) is 11.5 Å². The molecule has 0 saturated carbocycles. The smallest absolute Gasteiger partial charge is 0.161 e. The van der Waals surface area contributed by atoms with Crippen LogP contribution in [-0.2, 0) is 6.54 Å². The molecule has 1 N–H and O–H groups in total. The molecule has 0 aliphatic carbocycles. The van der Waals surface area contributed by atoms with Crippen LogP contribution in [0.5, 0.6) is 11.5 Å². The predicted molar refractivity (Wildman–Crippen MR) is 76.9 cm³/mol. The van der Waals surface area contributed by atoms with Gasteiger partial charge in [0.2, 0.25) is 0 Å². The molecule has 1 aliphatic heterocycles. The zero-order valence-electron chi connectivity index (χ0n) is 12.1. The van der Waals surface area contributed by atoms with Crippen LogP contribution in [0.3, 0.4) is 0 Å². The molecule has 2 rings (SSSR count). The molecule has 1 atom stereocenters. The fourth-order valence-corrected chi connectivity index (χ4v) is 2.63. The van der Waals surface area contributed by atoms with Gasteiger partial charge in [0.05, 0.1) is 14.2 Å². The Kier molecular flexibility index (Phi) is 5.05. The van der Waals surface area contributed by atoms with Crippen molar-refractivity contribution in [1.29, 1.82) is 0 Å². The molecule has 4 nitrogen and oxygen atoms in total. The second-order valence-electron chi connectivity index (χ2n) is 4.93. The van der Waals surface area contributed by atoms with Gasteiger partial charge in [-0.1, -0.05) is 13.0 Å². The van der Waals surface area contributed by atoms with Crippen LogP contribution in [0, 0.1) is 0 Å². The van der Waals surface area contributed by atoms with Crippen LogP contribution in [-0.4, -0.2) is 44.8 Å². The monoisotopic (exact) mass is 264 g/mol. The van der Waals surface area contributed by atoms with Gasteiger partial charge in [-0.2, -0.15) is 0 Å². The topological polar surface area (TPSA) is 33.7 Å². The van der Waals surface area contributed by atoms with E-state index in [2.05, 4.69) is 29.3 Å². The van der Waals surface area contributed by atoms with Crippen LogP contribution in [0.1, 0.15) is 18.9 Å². The molecular weight excluding hydrogens is 240 g/mol. The van der Waals surface area contributed by atoms with Crippen LogP contribution < -0.4 is 14.8 Å². The first-order chi connectivity index (χ1) is 9.28. The fraction of sp³-hybridized carbons (Fsp3) is 0.600. The number of ether oxygens (including phenoxy) is 2. The second kappa shape index (κ2) is 6.78. The Morgan fingerprint density at radius 3 is 2.74 bits per heavy atom. The molecule has 1 saturated heterocycles. The van der Waals surface area contributed by atoms with Crippen molar-refractivity contribution in [1.82, 2.24) is 10.2 Å². The molecule has 19 heavy (non-hydrogen) atoms. The quantitative estimate of drug-likeness (QED) is 0.880. The van der Waals surface area contributed by atoms with Crippen LogP contribution >= 0.6 is 0 Å². The van der Waals surface area contributed by atoms with Crippen molar-refractivity contribution in [2.24, 2.45) is 0 Å². The summed E-state index contributed by atoms with van der Waals surface area (Å²) in [7, 11) is 3.35. The molecule has 106 valence electrons. The van der Waals surface area contributed by atoms with E-state index in [1.54, 1.807) is 14.2 Å². The molecule has 0 spiro atoms. The molecule has 1 fully saturated rings. The number of nitrogens with one attached hydrogen (secondary N) is 1. The third kappa shape index (κ3) is 3.39. The maximum atomic E-state index is 5.36. The lowest BCUT2D eigenvalue weighted by atomic mass is 10.1. The van der Waals surface area contributed by atoms with E-state index >= 15 is 0 Å². The summed E-state index contributed by atoms with van der Waals surface area (Å²) in [5.41, 5.74) is 1.28. The van der Waals surface area contributed by atoms with Crippen molar-refractivity contribution < 1.29 is 9.47 Å². The largest absolute Gasteiger partial charge is 0.493 e. The van der Waals surface area contributed by atoms with Gasteiger partial charge >= 0.3 is 0 Å². The molecule has 0 radical (unpaired) electrons. The molecule has 1 heterocycles. The average Bonchev–Trinajstić information content (AvgIpc) is 2.47. The Morgan fingerprint density at radius 1 is 1.26 bits per heavy atom. The number of hydrogen-bond donors (Lipinski definition) is 1. The summed E-state index contributed by atoms with van der Waals surface area (Å²) in [5, 5.41) is 3.46. The SMILES string of the molecule is CCC1CNCCN1Cc1ccc(OC)c(OC)c1. The minimum atomic E-state index is 0.627. The summed E-state index contributed by atoms with van der Waals surface area (Å²) in [6, 6.07) is 6.81. The molecule has 0 amide bonds. The lowest BCUT2D eigenvalue weighted by Crippen LogP contribution is -2.50. The first-order valence-electron chi connectivity index (χ1n) is 6.94. The molecule has 1 aromatic rings. The van der Waals surface area contributed by atoms with E-state index in [1.807, 2.05) is 6.07 Å². The van der Waals surface area contributed by atoms with Crippen LogP contribution in [0.15, 0.2) is 18.2 Å². The number of rotatable bonds is 5. The highest BCUT2D eigenvalue weighted by Gasteiger charge is 2.20. The van der Waals surface area contributed by atoms with E-state index < -0.39 is 0 Å². The summed E-state index contributed by atoms with van der Waals surface area (Å²) < 4.78 is 10.6. The number of benzene rings is 1. The van der Waals surface area contributed by atoms with Crippen molar-refractivity contribution in [2.45, 2.75) is 25.9 Å². The van der Waals surface area contributed by atoms with Gasteiger partial charge in [-0.15, -0.1) is 0 Å². The van der Waals surface area contributed by atoms with Gasteiger partial charge in [-0.3, -0.25) is 4.90 Å². The van der Waals surface area contributed by atoms with Gasteiger partial charge in [0.25, 0.3) is 0 Å². The van der Waals surface area contributed by atoms with Crippen LogP contribution in [0.4, 0.5) is 0 Å². The van der Waals surface area contributed by atoms with E-state index in [9.17, 15) is 0 Å². The van der Waals surface area contributed by atoms with Gasteiger partial charge in [0, 0.05) is 32.2 Å². The predicted octanol–water partition coefficient (Wildman–Crippen LogP) is 1.89. The molecular formula is C15H24N2O2. The summed E-state index contributed by atoms with van der Waals surface area (Å²) in [6.07, 6.45) is 1.18. The van der Waals surface area contributed by atoms with Gasteiger partial charge < -0.3 is 14.8 Å². The first kappa shape index (κ1) is 14.2. The van der Waals surface area contributed by atoms with E-state index in [0.717, 1.165) is 37.7 Å². The molecule has 1 unspecified atom stereocenters. The third-order valence-corrected chi connectivity index (χ3v) is 3.78. The fourth-order valence-electron chi connectivity index (χ4n) is 2.63. The van der Waals surface area contributed by atoms with Crippen molar-refractivity contribution >= 4 is 0 Å². The second-order valence-corrected chi connectivity index (χ2v) is 4.93. The van der Waals surface area contributed by atoms with E-state index in [4.69, 9.17) is 9.47 Å². The van der Waals surface area contributed by atoms with E-state index in [1.165, 1.54) is 12.0 Å². The van der Waals surface area contributed by atoms with Crippen LogP contribution in [0.2, 0.25) is 0 Å². The van der Waals surface area contributed by atoms with Crippen molar-refractivity contribution in [3.05, 3.63) is 23.8 Å². The lowest BCUT2D eigenvalue weighted by Gasteiger charge is -2.35. The molecule has 1 aliphatic rings. The molecule has 0 bridgehead atoms. The minimum absolute atomic E-state index is 0.627. The normalized spacial score (nSPS) is 20.3. The summed E-state index contributed by atoms with van der Waals surface area (Å²) >= 11 is 0. The maximum absolute atomic E-state index is 5.36. The highest BCUT2D eigenvalue weighted by Crippen LogP contribution is 2.28. The van der Waals surface area contributed by atoms with Gasteiger partial charge in [0.1, 0.15) is 0 Å². The highest BCUT2D eigenvalue weighted by molar-refractivity contribution is 5.42.